The number of carbonyl (C=O) groups excluding carboxylic acids is 1. The Labute approximate surface area is 178 Å². The number of thiazole rings is 1. The maximum atomic E-state index is 13.1. The van der Waals surface area contributed by atoms with Crippen LogP contribution in [-0.4, -0.2) is 35.9 Å². The second-order valence-corrected chi connectivity index (χ2v) is 8.80. The fourth-order valence-electron chi connectivity index (χ4n) is 3.48. The number of benzene rings is 1. The number of para-hydroxylation sites is 1. The zero-order valence-corrected chi connectivity index (χ0v) is 18.5. The van der Waals surface area contributed by atoms with Crippen LogP contribution in [0.5, 0.6) is 0 Å². The Balaban J connectivity index is 0.00000182. The minimum atomic E-state index is -0.0692. The predicted octanol–water partition coefficient (Wildman–Crippen LogP) is 4.63. The van der Waals surface area contributed by atoms with Gasteiger partial charge in [-0.25, -0.2) is 4.98 Å². The van der Waals surface area contributed by atoms with E-state index in [-0.39, 0.29) is 48.0 Å². The van der Waals surface area contributed by atoms with Crippen molar-refractivity contribution in [3.05, 3.63) is 41.4 Å². The Bertz CT molecular complexity index is 757. The van der Waals surface area contributed by atoms with Crippen LogP contribution in [0.3, 0.4) is 0 Å². The molecule has 0 fully saturated rings. The third-order valence-electron chi connectivity index (χ3n) is 4.97. The van der Waals surface area contributed by atoms with Gasteiger partial charge in [-0.15, -0.1) is 36.2 Å². The Morgan fingerprint density at radius 1 is 1.26 bits per heavy atom. The summed E-state index contributed by atoms with van der Waals surface area (Å²) in [5.74, 6) is 0.331. The van der Waals surface area contributed by atoms with Crippen LogP contribution in [0.1, 0.15) is 37.6 Å². The van der Waals surface area contributed by atoms with Crippen molar-refractivity contribution in [2.24, 2.45) is 17.1 Å². The number of nitrogens with zero attached hydrogens (tertiary/aromatic N) is 2. The highest BCUT2D eigenvalue weighted by atomic mass is 35.5. The normalized spacial score (nSPS) is 19.3. The molecule has 0 saturated carbocycles. The van der Waals surface area contributed by atoms with Crippen LogP contribution >= 0.6 is 36.2 Å². The molecular formula is C20H29Cl2N3OS. The molecule has 2 N–H and O–H groups in total. The van der Waals surface area contributed by atoms with Gasteiger partial charge in [-0.1, -0.05) is 38.1 Å². The van der Waals surface area contributed by atoms with E-state index in [0.29, 0.717) is 13.1 Å². The van der Waals surface area contributed by atoms with Gasteiger partial charge in [0.05, 0.1) is 21.1 Å². The van der Waals surface area contributed by atoms with E-state index in [2.05, 4.69) is 32.1 Å². The molecule has 7 heteroatoms. The molecule has 2 atom stereocenters. The van der Waals surface area contributed by atoms with E-state index < -0.39 is 0 Å². The molecule has 2 aromatic rings. The van der Waals surface area contributed by atoms with Crippen LogP contribution in [-0.2, 0) is 4.79 Å². The van der Waals surface area contributed by atoms with E-state index in [1.807, 2.05) is 30.1 Å². The van der Waals surface area contributed by atoms with Crippen LogP contribution in [0.2, 0.25) is 0 Å². The highest BCUT2D eigenvalue weighted by Gasteiger charge is 2.35. The van der Waals surface area contributed by atoms with E-state index in [4.69, 9.17) is 10.7 Å². The molecule has 0 bridgehead atoms. The maximum absolute atomic E-state index is 13.1. The maximum Gasteiger partial charge on any atom is 0.226 e. The summed E-state index contributed by atoms with van der Waals surface area (Å²) in [5, 5.41) is 1.08. The SMILES string of the molecule is CN(CC(C)(C)CN)C(=O)C1CC=CCC1c1nc2ccccc2s1.Cl.Cl. The Hall–Kier alpha value is -1.14. The smallest absolute Gasteiger partial charge is 0.226 e. The number of aromatic nitrogens is 1. The molecule has 1 amide bonds. The monoisotopic (exact) mass is 429 g/mol. The largest absolute Gasteiger partial charge is 0.345 e. The third-order valence-corrected chi connectivity index (χ3v) is 6.14. The average molecular weight is 430 g/mol. The van der Waals surface area contributed by atoms with Crippen LogP contribution in [0.4, 0.5) is 0 Å². The zero-order valence-electron chi connectivity index (χ0n) is 16.1. The number of allylic oxidation sites excluding steroid dienone is 2. The highest BCUT2D eigenvalue weighted by Crippen LogP contribution is 2.39. The first-order valence-electron chi connectivity index (χ1n) is 8.87. The number of nitrogens with two attached hydrogens (primary N) is 1. The molecule has 4 nitrogen and oxygen atoms in total. The van der Waals surface area contributed by atoms with E-state index >= 15 is 0 Å². The van der Waals surface area contributed by atoms with Crippen molar-refractivity contribution in [2.75, 3.05) is 20.1 Å². The van der Waals surface area contributed by atoms with Gasteiger partial charge in [0, 0.05) is 19.5 Å². The van der Waals surface area contributed by atoms with Gasteiger partial charge in [0.1, 0.15) is 0 Å². The molecule has 1 heterocycles. The molecule has 0 radical (unpaired) electrons. The average Bonchev–Trinajstić information content (AvgIpc) is 3.04. The first kappa shape index (κ1) is 23.9. The van der Waals surface area contributed by atoms with Crippen LogP contribution in [0.15, 0.2) is 36.4 Å². The summed E-state index contributed by atoms with van der Waals surface area (Å²) in [6, 6.07) is 8.19. The second kappa shape index (κ2) is 9.87. The minimum absolute atomic E-state index is 0. The predicted molar refractivity (Wildman–Crippen MR) is 119 cm³/mol. The fourth-order valence-corrected chi connectivity index (χ4v) is 4.62. The van der Waals surface area contributed by atoms with Crippen molar-refractivity contribution in [1.82, 2.24) is 9.88 Å². The van der Waals surface area contributed by atoms with Crippen molar-refractivity contribution in [3.63, 3.8) is 0 Å². The molecule has 1 aliphatic carbocycles. The lowest BCUT2D eigenvalue weighted by Crippen LogP contribution is -2.43. The Morgan fingerprint density at radius 2 is 1.93 bits per heavy atom. The molecular weight excluding hydrogens is 401 g/mol. The van der Waals surface area contributed by atoms with Gasteiger partial charge in [-0.3, -0.25) is 4.79 Å². The Morgan fingerprint density at radius 3 is 2.59 bits per heavy atom. The molecule has 3 rings (SSSR count). The van der Waals surface area contributed by atoms with Gasteiger partial charge < -0.3 is 10.6 Å². The topological polar surface area (TPSA) is 59.2 Å². The van der Waals surface area contributed by atoms with Crippen molar-refractivity contribution in [3.8, 4) is 0 Å². The summed E-state index contributed by atoms with van der Waals surface area (Å²) < 4.78 is 1.19. The summed E-state index contributed by atoms with van der Waals surface area (Å²) >= 11 is 1.72. The summed E-state index contributed by atoms with van der Waals surface area (Å²) in [6.45, 7) is 5.44. The minimum Gasteiger partial charge on any atom is -0.345 e. The van der Waals surface area contributed by atoms with E-state index in [0.717, 1.165) is 23.4 Å². The van der Waals surface area contributed by atoms with E-state index in [9.17, 15) is 4.79 Å². The fraction of sp³-hybridized carbons (Fsp3) is 0.500. The molecule has 27 heavy (non-hydrogen) atoms. The molecule has 150 valence electrons. The summed E-state index contributed by atoms with van der Waals surface area (Å²) in [6.07, 6.45) is 5.98. The van der Waals surface area contributed by atoms with Crippen molar-refractivity contribution in [2.45, 2.75) is 32.6 Å². The van der Waals surface area contributed by atoms with Gasteiger partial charge in [-0.2, -0.15) is 0 Å². The van der Waals surface area contributed by atoms with E-state index in [1.165, 1.54) is 4.70 Å². The van der Waals surface area contributed by atoms with Gasteiger partial charge in [0.15, 0.2) is 0 Å². The number of rotatable bonds is 5. The molecule has 0 spiro atoms. The lowest BCUT2D eigenvalue weighted by Gasteiger charge is -2.34. The van der Waals surface area contributed by atoms with Crippen LogP contribution < -0.4 is 5.73 Å². The summed E-state index contributed by atoms with van der Waals surface area (Å²) in [4.78, 5) is 19.8. The second-order valence-electron chi connectivity index (χ2n) is 7.74. The van der Waals surface area contributed by atoms with Crippen molar-refractivity contribution in [1.29, 1.82) is 0 Å². The van der Waals surface area contributed by atoms with Gasteiger partial charge in [0.25, 0.3) is 0 Å². The molecule has 2 unspecified atom stereocenters. The zero-order chi connectivity index (χ0) is 18.0. The standard InChI is InChI=1S/C20H27N3OS.2ClH/c1-20(2,12-21)13-23(3)19(24)15-9-5-4-8-14(15)18-22-16-10-6-7-11-17(16)25-18;;/h4-7,10-11,14-15H,8-9,12-13,21H2,1-3H3;2*1H. The first-order valence-corrected chi connectivity index (χ1v) is 9.68. The number of amides is 1. The Kier molecular flexibility index (Phi) is 8.74. The lowest BCUT2D eigenvalue weighted by molar-refractivity contribution is -0.136. The van der Waals surface area contributed by atoms with Crippen molar-refractivity contribution < 1.29 is 4.79 Å². The van der Waals surface area contributed by atoms with Crippen LogP contribution in [0.25, 0.3) is 10.2 Å². The van der Waals surface area contributed by atoms with Crippen molar-refractivity contribution >= 4 is 52.3 Å². The number of halogens is 2. The number of fused-ring (bicyclic) bond motifs is 1. The number of hydrogen-bond donors (Lipinski definition) is 1. The van der Waals surface area contributed by atoms with Gasteiger partial charge in [-0.05, 0) is 36.9 Å². The number of hydrogen-bond acceptors (Lipinski definition) is 4. The third kappa shape index (κ3) is 5.44. The quantitative estimate of drug-likeness (QED) is 0.704. The molecule has 1 aliphatic rings. The van der Waals surface area contributed by atoms with Gasteiger partial charge in [0.2, 0.25) is 5.91 Å². The molecule has 1 aromatic heterocycles. The van der Waals surface area contributed by atoms with Crippen LogP contribution in [0, 0.1) is 11.3 Å². The summed E-state index contributed by atoms with van der Waals surface area (Å²) in [5.41, 5.74) is 6.80. The van der Waals surface area contributed by atoms with E-state index in [1.54, 1.807) is 11.3 Å². The van der Waals surface area contributed by atoms with Gasteiger partial charge >= 0.3 is 0 Å². The lowest BCUT2D eigenvalue weighted by atomic mass is 9.82. The summed E-state index contributed by atoms with van der Waals surface area (Å²) in [7, 11) is 1.90. The number of carbonyl (C=O) groups is 1. The molecule has 1 aromatic carbocycles. The molecule has 0 aliphatic heterocycles. The highest BCUT2D eigenvalue weighted by molar-refractivity contribution is 7.18. The first-order chi connectivity index (χ1) is 11.9. The molecule has 0 saturated heterocycles.